The SMILES string of the molecule is O=C(OCc1csc2ccccc12)c1ccccc1F. The second kappa shape index (κ2) is 5.43. The molecule has 0 saturated heterocycles. The summed E-state index contributed by atoms with van der Waals surface area (Å²) >= 11 is 1.60. The zero-order valence-corrected chi connectivity index (χ0v) is 11.3. The van der Waals surface area contributed by atoms with Crippen molar-refractivity contribution in [3.05, 3.63) is 70.9 Å². The van der Waals surface area contributed by atoms with Gasteiger partial charge in [-0.2, -0.15) is 0 Å². The first-order valence-corrected chi connectivity index (χ1v) is 7.00. The van der Waals surface area contributed by atoms with E-state index in [2.05, 4.69) is 0 Å². The summed E-state index contributed by atoms with van der Waals surface area (Å²) in [5.41, 5.74) is 0.905. The third kappa shape index (κ3) is 2.42. The highest BCUT2D eigenvalue weighted by Crippen LogP contribution is 2.26. The minimum atomic E-state index is -0.640. The lowest BCUT2D eigenvalue weighted by molar-refractivity contribution is 0.0469. The van der Waals surface area contributed by atoms with Crippen LogP contribution in [0.4, 0.5) is 4.39 Å². The van der Waals surface area contributed by atoms with Crippen LogP contribution in [0.5, 0.6) is 0 Å². The van der Waals surface area contributed by atoms with Gasteiger partial charge < -0.3 is 4.74 Å². The Morgan fingerprint density at radius 3 is 2.70 bits per heavy atom. The molecule has 0 N–H and O–H groups in total. The third-order valence-corrected chi connectivity index (χ3v) is 4.03. The molecule has 0 amide bonds. The van der Waals surface area contributed by atoms with Gasteiger partial charge in [0.15, 0.2) is 0 Å². The fraction of sp³-hybridized carbons (Fsp3) is 0.0625. The van der Waals surface area contributed by atoms with Crippen LogP contribution in [-0.4, -0.2) is 5.97 Å². The molecule has 3 rings (SSSR count). The van der Waals surface area contributed by atoms with Crippen LogP contribution in [0.3, 0.4) is 0 Å². The molecule has 1 aromatic heterocycles. The van der Waals surface area contributed by atoms with Crippen LogP contribution in [0.1, 0.15) is 15.9 Å². The Morgan fingerprint density at radius 1 is 1.10 bits per heavy atom. The maximum Gasteiger partial charge on any atom is 0.341 e. The van der Waals surface area contributed by atoms with Crippen LogP contribution in [0, 0.1) is 5.82 Å². The van der Waals surface area contributed by atoms with Gasteiger partial charge in [-0.15, -0.1) is 11.3 Å². The predicted octanol–water partition coefficient (Wildman–Crippen LogP) is 4.40. The van der Waals surface area contributed by atoms with Crippen molar-refractivity contribution in [2.75, 3.05) is 0 Å². The summed E-state index contributed by atoms with van der Waals surface area (Å²) in [5, 5.41) is 3.03. The van der Waals surface area contributed by atoms with Gasteiger partial charge in [0, 0.05) is 10.3 Å². The zero-order chi connectivity index (χ0) is 13.9. The maximum atomic E-state index is 13.5. The maximum absolute atomic E-state index is 13.5. The van der Waals surface area contributed by atoms with Crippen LogP contribution in [-0.2, 0) is 11.3 Å². The van der Waals surface area contributed by atoms with Crippen molar-refractivity contribution in [2.45, 2.75) is 6.61 Å². The molecule has 2 aromatic carbocycles. The Balaban J connectivity index is 1.77. The third-order valence-electron chi connectivity index (χ3n) is 3.01. The number of halogens is 1. The second-order valence-electron chi connectivity index (χ2n) is 4.31. The zero-order valence-electron chi connectivity index (χ0n) is 10.5. The highest BCUT2D eigenvalue weighted by molar-refractivity contribution is 7.17. The van der Waals surface area contributed by atoms with E-state index >= 15 is 0 Å². The summed E-state index contributed by atoms with van der Waals surface area (Å²) in [4.78, 5) is 11.8. The molecule has 2 nitrogen and oxygen atoms in total. The van der Waals surface area contributed by atoms with E-state index in [0.29, 0.717) is 0 Å². The van der Waals surface area contributed by atoms with Crippen molar-refractivity contribution in [3.63, 3.8) is 0 Å². The van der Waals surface area contributed by atoms with Crippen LogP contribution in [0.25, 0.3) is 10.1 Å². The molecule has 0 aliphatic heterocycles. The smallest absolute Gasteiger partial charge is 0.341 e. The quantitative estimate of drug-likeness (QED) is 0.667. The summed E-state index contributed by atoms with van der Waals surface area (Å²) < 4.78 is 19.8. The number of esters is 1. The largest absolute Gasteiger partial charge is 0.457 e. The topological polar surface area (TPSA) is 26.3 Å². The Hall–Kier alpha value is -2.20. The molecule has 0 aliphatic rings. The Bertz CT molecular complexity index is 764. The fourth-order valence-electron chi connectivity index (χ4n) is 1.99. The molecule has 0 aliphatic carbocycles. The number of hydrogen-bond acceptors (Lipinski definition) is 3. The monoisotopic (exact) mass is 286 g/mol. The van der Waals surface area contributed by atoms with Gasteiger partial charge in [-0.1, -0.05) is 30.3 Å². The number of benzene rings is 2. The summed E-state index contributed by atoms with van der Waals surface area (Å²) in [6.45, 7) is 0.150. The van der Waals surface area contributed by atoms with E-state index < -0.39 is 11.8 Å². The average Bonchev–Trinajstić information content (AvgIpc) is 2.88. The van der Waals surface area contributed by atoms with Gasteiger partial charge in [0.25, 0.3) is 0 Å². The van der Waals surface area contributed by atoms with Gasteiger partial charge in [-0.05, 0) is 29.0 Å². The van der Waals surface area contributed by atoms with Crippen molar-refractivity contribution in [1.82, 2.24) is 0 Å². The van der Waals surface area contributed by atoms with Crippen LogP contribution < -0.4 is 0 Å². The molecule has 4 heteroatoms. The van der Waals surface area contributed by atoms with Crippen molar-refractivity contribution < 1.29 is 13.9 Å². The summed E-state index contributed by atoms with van der Waals surface area (Å²) in [5.74, 6) is -1.20. The first kappa shape index (κ1) is 12.8. The van der Waals surface area contributed by atoms with E-state index in [1.165, 1.54) is 12.1 Å². The van der Waals surface area contributed by atoms with Crippen molar-refractivity contribution in [1.29, 1.82) is 0 Å². The summed E-state index contributed by atoms with van der Waals surface area (Å²) in [6.07, 6.45) is 0. The minimum absolute atomic E-state index is 0.0352. The highest BCUT2D eigenvalue weighted by atomic mass is 32.1. The number of thiophene rings is 1. The Kier molecular flexibility index (Phi) is 3.48. The van der Waals surface area contributed by atoms with Gasteiger partial charge in [-0.3, -0.25) is 0 Å². The van der Waals surface area contributed by atoms with E-state index in [-0.39, 0.29) is 12.2 Å². The molecule has 0 spiro atoms. The first-order valence-electron chi connectivity index (χ1n) is 6.12. The number of ether oxygens (including phenoxy) is 1. The molecule has 3 aromatic rings. The number of rotatable bonds is 3. The molecule has 1 heterocycles. The second-order valence-corrected chi connectivity index (χ2v) is 5.22. The van der Waals surface area contributed by atoms with Crippen LogP contribution >= 0.6 is 11.3 Å². The number of hydrogen-bond donors (Lipinski definition) is 0. The number of carbonyl (C=O) groups excluding carboxylic acids is 1. The lowest BCUT2D eigenvalue weighted by atomic mass is 10.2. The predicted molar refractivity (Wildman–Crippen MR) is 77.3 cm³/mol. The van der Waals surface area contributed by atoms with Gasteiger partial charge in [-0.25, -0.2) is 9.18 Å². The molecule has 100 valence electrons. The van der Waals surface area contributed by atoms with E-state index in [1.807, 2.05) is 29.6 Å². The lowest BCUT2D eigenvalue weighted by Gasteiger charge is -2.05. The van der Waals surface area contributed by atoms with Crippen LogP contribution in [0.15, 0.2) is 53.9 Å². The molecule has 0 bridgehead atoms. The molecule has 20 heavy (non-hydrogen) atoms. The van der Waals surface area contributed by atoms with E-state index in [0.717, 1.165) is 15.6 Å². The lowest BCUT2D eigenvalue weighted by Crippen LogP contribution is -2.07. The standard InChI is InChI=1S/C16H11FO2S/c17-14-7-3-1-6-13(14)16(18)19-9-11-10-20-15-8-4-2-5-12(11)15/h1-8,10H,9H2. The minimum Gasteiger partial charge on any atom is -0.457 e. The molecule has 0 atom stereocenters. The van der Waals surface area contributed by atoms with E-state index in [1.54, 1.807) is 23.5 Å². The Labute approximate surface area is 119 Å². The average molecular weight is 286 g/mol. The van der Waals surface area contributed by atoms with Gasteiger partial charge in [0.1, 0.15) is 12.4 Å². The summed E-state index contributed by atoms with van der Waals surface area (Å²) in [6, 6.07) is 13.7. The molecule has 0 fully saturated rings. The van der Waals surface area contributed by atoms with Gasteiger partial charge >= 0.3 is 5.97 Å². The van der Waals surface area contributed by atoms with Crippen LogP contribution in [0.2, 0.25) is 0 Å². The first-order chi connectivity index (χ1) is 9.75. The van der Waals surface area contributed by atoms with Crippen molar-refractivity contribution >= 4 is 27.4 Å². The Morgan fingerprint density at radius 2 is 1.85 bits per heavy atom. The molecule has 0 unspecified atom stereocenters. The highest BCUT2D eigenvalue weighted by Gasteiger charge is 2.13. The molecular weight excluding hydrogens is 275 g/mol. The normalized spacial score (nSPS) is 10.7. The summed E-state index contributed by atoms with van der Waals surface area (Å²) in [7, 11) is 0. The number of fused-ring (bicyclic) bond motifs is 1. The van der Waals surface area contributed by atoms with Crippen molar-refractivity contribution in [3.8, 4) is 0 Å². The van der Waals surface area contributed by atoms with E-state index in [4.69, 9.17) is 4.74 Å². The van der Waals surface area contributed by atoms with E-state index in [9.17, 15) is 9.18 Å². The van der Waals surface area contributed by atoms with Gasteiger partial charge in [0.05, 0.1) is 5.56 Å². The molecular formula is C16H11FO2S. The van der Waals surface area contributed by atoms with Crippen molar-refractivity contribution in [2.24, 2.45) is 0 Å². The molecule has 0 radical (unpaired) electrons. The molecule has 0 saturated carbocycles. The van der Waals surface area contributed by atoms with Gasteiger partial charge in [0.2, 0.25) is 0 Å². The fourth-order valence-corrected chi connectivity index (χ4v) is 2.94. The number of carbonyl (C=O) groups is 1.